The van der Waals surface area contributed by atoms with Crippen LogP contribution in [0.15, 0.2) is 70.2 Å². The van der Waals surface area contributed by atoms with Crippen molar-refractivity contribution in [3.8, 4) is 0 Å². The zero-order chi connectivity index (χ0) is 20.8. The molecule has 2 N–H and O–H groups in total. The van der Waals surface area contributed by atoms with Crippen molar-refractivity contribution in [3.05, 3.63) is 93.4 Å². The largest absolute Gasteiger partial charge is 0.460 e. The Hall–Kier alpha value is -4.27. The molecular formula is C20H16N4O5. The highest BCUT2D eigenvalue weighted by molar-refractivity contribution is 6.05. The molecule has 0 aliphatic rings. The lowest BCUT2D eigenvalue weighted by Gasteiger charge is -2.07. The van der Waals surface area contributed by atoms with Gasteiger partial charge in [-0.2, -0.15) is 5.10 Å². The van der Waals surface area contributed by atoms with Gasteiger partial charge in [0.2, 0.25) is 0 Å². The first-order valence-electron chi connectivity index (χ1n) is 8.48. The summed E-state index contributed by atoms with van der Waals surface area (Å²) in [4.78, 5) is 34.6. The van der Waals surface area contributed by atoms with Crippen LogP contribution in [0.3, 0.4) is 0 Å². The Labute approximate surface area is 165 Å². The van der Waals surface area contributed by atoms with Gasteiger partial charge in [-0.3, -0.25) is 19.7 Å². The SMILES string of the molecule is Cc1ccc(/C=N/NC(=O)c2cccc(NC(=O)c3ccc([N+](=O)[O-])cc3)c2)o1. The molecule has 2 amide bonds. The fourth-order valence-corrected chi connectivity index (χ4v) is 2.42. The number of carbonyl (C=O) groups excluding carboxylic acids is 2. The number of hydrogen-bond donors (Lipinski definition) is 2. The molecule has 0 fully saturated rings. The molecule has 0 atom stereocenters. The van der Waals surface area contributed by atoms with Crippen molar-refractivity contribution < 1.29 is 18.9 Å². The molecular weight excluding hydrogens is 376 g/mol. The van der Waals surface area contributed by atoms with Crippen molar-refractivity contribution in [3.63, 3.8) is 0 Å². The Morgan fingerprint density at radius 2 is 1.79 bits per heavy atom. The molecule has 1 aromatic heterocycles. The number of nitro groups is 1. The lowest BCUT2D eigenvalue weighted by molar-refractivity contribution is -0.384. The van der Waals surface area contributed by atoms with E-state index in [1.54, 1.807) is 37.3 Å². The number of non-ortho nitro benzene ring substituents is 1. The van der Waals surface area contributed by atoms with Gasteiger partial charge in [-0.15, -0.1) is 0 Å². The lowest BCUT2D eigenvalue weighted by atomic mass is 10.1. The summed E-state index contributed by atoms with van der Waals surface area (Å²) in [5.74, 6) is 0.320. The number of rotatable bonds is 6. The van der Waals surface area contributed by atoms with Crippen LogP contribution < -0.4 is 10.7 Å². The molecule has 146 valence electrons. The number of hydrazone groups is 1. The predicted octanol–water partition coefficient (Wildman–Crippen LogP) is 3.51. The molecule has 0 aliphatic carbocycles. The van der Waals surface area contributed by atoms with Crippen LogP contribution in [-0.4, -0.2) is 23.0 Å². The minimum atomic E-state index is -0.542. The predicted molar refractivity (Wildman–Crippen MR) is 106 cm³/mol. The number of aryl methyl sites for hydroxylation is 1. The summed E-state index contributed by atoms with van der Waals surface area (Å²) in [6, 6.07) is 15.0. The van der Waals surface area contributed by atoms with Crippen LogP contribution in [0.25, 0.3) is 0 Å². The molecule has 0 spiro atoms. The molecule has 2 aromatic carbocycles. The van der Waals surface area contributed by atoms with Gasteiger partial charge in [0.1, 0.15) is 11.5 Å². The highest BCUT2D eigenvalue weighted by Gasteiger charge is 2.11. The number of nitro benzene ring substituents is 1. The van der Waals surface area contributed by atoms with Crippen molar-refractivity contribution >= 4 is 29.4 Å². The zero-order valence-electron chi connectivity index (χ0n) is 15.3. The van der Waals surface area contributed by atoms with E-state index in [0.717, 1.165) is 5.76 Å². The van der Waals surface area contributed by atoms with Crippen LogP contribution in [0.4, 0.5) is 11.4 Å². The molecule has 0 bridgehead atoms. The van der Waals surface area contributed by atoms with Gasteiger partial charge in [-0.25, -0.2) is 5.43 Å². The van der Waals surface area contributed by atoms with Gasteiger partial charge in [0, 0.05) is 28.9 Å². The molecule has 0 unspecified atom stereocenters. The van der Waals surface area contributed by atoms with Gasteiger partial charge < -0.3 is 9.73 Å². The van der Waals surface area contributed by atoms with Crippen molar-refractivity contribution in [2.75, 3.05) is 5.32 Å². The Balaban J connectivity index is 1.63. The fourth-order valence-electron chi connectivity index (χ4n) is 2.42. The maximum Gasteiger partial charge on any atom is 0.271 e. The molecule has 0 radical (unpaired) electrons. The van der Waals surface area contributed by atoms with Crippen molar-refractivity contribution in [2.45, 2.75) is 6.92 Å². The molecule has 3 aromatic rings. The molecule has 0 saturated carbocycles. The summed E-state index contributed by atoms with van der Waals surface area (Å²) in [6.07, 6.45) is 1.38. The molecule has 1 heterocycles. The van der Waals surface area contributed by atoms with E-state index in [1.807, 2.05) is 0 Å². The van der Waals surface area contributed by atoms with Crippen molar-refractivity contribution in [1.82, 2.24) is 5.43 Å². The Morgan fingerprint density at radius 1 is 1.03 bits per heavy atom. The van der Waals surface area contributed by atoms with E-state index >= 15 is 0 Å². The second-order valence-electron chi connectivity index (χ2n) is 5.99. The number of nitrogens with one attached hydrogen (secondary N) is 2. The first-order chi connectivity index (χ1) is 13.9. The summed E-state index contributed by atoms with van der Waals surface area (Å²) in [5.41, 5.74) is 3.21. The Morgan fingerprint density at radius 3 is 2.45 bits per heavy atom. The van der Waals surface area contributed by atoms with E-state index in [-0.39, 0.29) is 11.3 Å². The Bertz CT molecular complexity index is 1090. The van der Waals surface area contributed by atoms with Crippen LogP contribution in [0, 0.1) is 17.0 Å². The normalized spacial score (nSPS) is 10.7. The lowest BCUT2D eigenvalue weighted by Crippen LogP contribution is -2.18. The second kappa shape index (κ2) is 8.61. The van der Waals surface area contributed by atoms with Gasteiger partial charge in [-0.05, 0) is 49.4 Å². The van der Waals surface area contributed by atoms with Crippen LogP contribution in [-0.2, 0) is 0 Å². The number of hydrogen-bond acceptors (Lipinski definition) is 6. The first kappa shape index (κ1) is 19.5. The zero-order valence-corrected chi connectivity index (χ0v) is 15.3. The monoisotopic (exact) mass is 392 g/mol. The number of nitrogens with zero attached hydrogens (tertiary/aromatic N) is 2. The van der Waals surface area contributed by atoms with Crippen LogP contribution in [0.1, 0.15) is 32.2 Å². The molecule has 9 nitrogen and oxygen atoms in total. The molecule has 3 rings (SSSR count). The number of furan rings is 1. The standard InChI is InChI=1S/C20H16N4O5/c1-13-5-10-18(29-13)12-21-23-20(26)15-3-2-4-16(11-15)22-19(25)14-6-8-17(9-7-14)24(27)28/h2-12H,1H3,(H,22,25)(H,23,26)/b21-12+. The third kappa shape index (κ3) is 5.13. The van der Waals surface area contributed by atoms with Gasteiger partial charge in [-0.1, -0.05) is 6.07 Å². The van der Waals surface area contributed by atoms with Gasteiger partial charge >= 0.3 is 0 Å². The summed E-state index contributed by atoms with van der Waals surface area (Å²) >= 11 is 0. The van der Waals surface area contributed by atoms with Gasteiger partial charge in [0.15, 0.2) is 0 Å². The number of amides is 2. The summed E-state index contributed by atoms with van der Waals surface area (Å²) in [7, 11) is 0. The number of carbonyl (C=O) groups is 2. The minimum absolute atomic E-state index is 0.106. The van der Waals surface area contributed by atoms with E-state index < -0.39 is 16.7 Å². The van der Waals surface area contributed by atoms with Crippen LogP contribution in [0.5, 0.6) is 0 Å². The maximum absolute atomic E-state index is 12.3. The highest BCUT2D eigenvalue weighted by atomic mass is 16.6. The van der Waals surface area contributed by atoms with Gasteiger partial charge in [0.05, 0.1) is 11.1 Å². The molecule has 29 heavy (non-hydrogen) atoms. The van der Waals surface area contributed by atoms with Crippen molar-refractivity contribution in [2.24, 2.45) is 5.10 Å². The second-order valence-corrected chi connectivity index (χ2v) is 5.99. The highest BCUT2D eigenvalue weighted by Crippen LogP contribution is 2.15. The number of benzene rings is 2. The van der Waals surface area contributed by atoms with Crippen LogP contribution in [0.2, 0.25) is 0 Å². The third-order valence-corrected chi connectivity index (χ3v) is 3.84. The summed E-state index contributed by atoms with van der Waals surface area (Å²) in [6.45, 7) is 1.80. The number of anilines is 1. The van der Waals surface area contributed by atoms with E-state index in [4.69, 9.17) is 4.42 Å². The quantitative estimate of drug-likeness (QED) is 0.377. The summed E-state index contributed by atoms with van der Waals surface area (Å²) < 4.78 is 5.31. The van der Waals surface area contributed by atoms with E-state index in [2.05, 4.69) is 15.8 Å². The van der Waals surface area contributed by atoms with E-state index in [0.29, 0.717) is 17.0 Å². The average molecular weight is 392 g/mol. The first-order valence-corrected chi connectivity index (χ1v) is 8.48. The van der Waals surface area contributed by atoms with Gasteiger partial charge in [0.25, 0.3) is 17.5 Å². The van der Waals surface area contributed by atoms with E-state index in [9.17, 15) is 19.7 Å². The smallest absolute Gasteiger partial charge is 0.271 e. The average Bonchev–Trinajstić information content (AvgIpc) is 3.13. The molecule has 0 aliphatic heterocycles. The third-order valence-electron chi connectivity index (χ3n) is 3.84. The molecule has 9 heteroatoms. The van der Waals surface area contributed by atoms with Crippen molar-refractivity contribution in [1.29, 1.82) is 0 Å². The molecule has 0 saturated heterocycles. The topological polar surface area (TPSA) is 127 Å². The summed E-state index contributed by atoms with van der Waals surface area (Å²) in [5, 5.41) is 17.2. The minimum Gasteiger partial charge on any atom is -0.460 e. The Kier molecular flexibility index (Phi) is 5.79. The van der Waals surface area contributed by atoms with E-state index in [1.165, 1.54) is 36.5 Å². The van der Waals surface area contributed by atoms with Crippen LogP contribution >= 0.6 is 0 Å². The maximum atomic E-state index is 12.3. The fraction of sp³-hybridized carbons (Fsp3) is 0.0500.